The van der Waals surface area contributed by atoms with Gasteiger partial charge in [0, 0.05) is 24.7 Å². The minimum Gasteiger partial charge on any atom is -0.399 e. The third-order valence-corrected chi connectivity index (χ3v) is 3.18. The number of rotatable bonds is 5. The van der Waals surface area contributed by atoms with Crippen molar-refractivity contribution in [3.8, 4) is 0 Å². The lowest BCUT2D eigenvalue weighted by Crippen LogP contribution is -2.26. The summed E-state index contributed by atoms with van der Waals surface area (Å²) in [5.74, 6) is -0.480. The van der Waals surface area contributed by atoms with Crippen molar-refractivity contribution in [2.45, 2.75) is 6.54 Å². The van der Waals surface area contributed by atoms with Crippen LogP contribution in [0, 0.1) is 5.82 Å². The fraction of sp³-hybridized carbons (Fsp3) is 0.176. The van der Waals surface area contributed by atoms with Gasteiger partial charge in [-0.1, -0.05) is 35.5 Å². The molecule has 0 saturated carbocycles. The third-order valence-electron chi connectivity index (χ3n) is 3.18. The van der Waals surface area contributed by atoms with Gasteiger partial charge in [-0.3, -0.25) is 4.79 Å². The molecule has 0 radical (unpaired) electrons. The maximum Gasteiger partial charge on any atom is 0.253 e. The molecule has 0 heterocycles. The van der Waals surface area contributed by atoms with Crippen LogP contribution in [-0.4, -0.2) is 31.2 Å². The molecule has 0 aliphatic rings. The molecule has 0 N–H and O–H groups in total. The highest BCUT2D eigenvalue weighted by molar-refractivity contribution is 5.94. The van der Waals surface area contributed by atoms with Crippen LogP contribution in [0.25, 0.3) is 0 Å². The summed E-state index contributed by atoms with van der Waals surface area (Å²) in [5.41, 5.74) is 1.85. The Balaban J connectivity index is 2.07. The molecule has 0 bridgehead atoms. The van der Waals surface area contributed by atoms with E-state index in [0.29, 0.717) is 11.1 Å². The average molecular weight is 300 g/mol. The first-order chi connectivity index (χ1) is 10.6. The Kier molecular flexibility index (Phi) is 5.25. The zero-order valence-corrected chi connectivity index (χ0v) is 12.5. The molecule has 1 amide bonds. The van der Waals surface area contributed by atoms with Crippen molar-refractivity contribution in [3.05, 3.63) is 71.0 Å². The first-order valence-corrected chi connectivity index (χ1v) is 6.77. The van der Waals surface area contributed by atoms with Crippen LogP contribution >= 0.6 is 0 Å². The summed E-state index contributed by atoms with van der Waals surface area (Å²) in [6.45, 7) is 0.221. The summed E-state index contributed by atoms with van der Waals surface area (Å²) in [7, 11) is 3.11. The molecule has 0 fully saturated rings. The van der Waals surface area contributed by atoms with Crippen LogP contribution < -0.4 is 0 Å². The molecule has 0 aromatic heterocycles. The van der Waals surface area contributed by atoms with E-state index in [9.17, 15) is 9.18 Å². The smallest absolute Gasteiger partial charge is 0.253 e. The van der Waals surface area contributed by atoms with Crippen molar-refractivity contribution in [2.24, 2.45) is 5.16 Å². The van der Waals surface area contributed by atoms with E-state index >= 15 is 0 Å². The molecule has 22 heavy (non-hydrogen) atoms. The lowest BCUT2D eigenvalue weighted by atomic mass is 10.1. The first kappa shape index (κ1) is 15.7. The standard InChI is InChI=1S/C17H17FN2O2/c1-20(12-15-5-3-4-6-16(15)18)17(21)14-9-7-13(8-10-14)11-19-22-2/h3-11H,12H2,1-2H3/b19-11+. The highest BCUT2D eigenvalue weighted by atomic mass is 19.1. The second-order valence-corrected chi connectivity index (χ2v) is 4.79. The van der Waals surface area contributed by atoms with E-state index in [4.69, 9.17) is 0 Å². The second kappa shape index (κ2) is 7.36. The van der Waals surface area contributed by atoms with Crippen molar-refractivity contribution < 1.29 is 14.0 Å². The predicted octanol–water partition coefficient (Wildman–Crippen LogP) is 3.08. The van der Waals surface area contributed by atoms with E-state index in [1.165, 1.54) is 18.1 Å². The summed E-state index contributed by atoms with van der Waals surface area (Å²) >= 11 is 0. The van der Waals surface area contributed by atoms with Crippen LogP contribution in [0.1, 0.15) is 21.5 Å². The molecule has 0 atom stereocenters. The van der Waals surface area contributed by atoms with E-state index in [0.717, 1.165) is 5.56 Å². The van der Waals surface area contributed by atoms with Gasteiger partial charge in [-0.25, -0.2) is 4.39 Å². The van der Waals surface area contributed by atoms with Gasteiger partial charge >= 0.3 is 0 Å². The van der Waals surface area contributed by atoms with E-state index in [1.54, 1.807) is 55.7 Å². The fourth-order valence-corrected chi connectivity index (χ4v) is 2.00. The summed E-state index contributed by atoms with van der Waals surface area (Å²) < 4.78 is 13.6. The van der Waals surface area contributed by atoms with Gasteiger partial charge in [0.25, 0.3) is 5.91 Å². The van der Waals surface area contributed by atoms with Crippen LogP contribution in [0.4, 0.5) is 4.39 Å². The number of nitrogens with zero attached hydrogens (tertiary/aromatic N) is 2. The molecule has 0 unspecified atom stereocenters. The van der Waals surface area contributed by atoms with Gasteiger partial charge in [0.2, 0.25) is 0 Å². The summed E-state index contributed by atoms with van der Waals surface area (Å²) in [4.78, 5) is 18.4. The summed E-state index contributed by atoms with van der Waals surface area (Å²) in [5, 5.41) is 3.66. The summed E-state index contributed by atoms with van der Waals surface area (Å²) in [6, 6.07) is 13.4. The van der Waals surface area contributed by atoms with Crippen molar-refractivity contribution in [1.82, 2.24) is 4.90 Å². The number of benzene rings is 2. The Morgan fingerprint density at radius 1 is 1.23 bits per heavy atom. The van der Waals surface area contributed by atoms with Gasteiger partial charge in [0.05, 0.1) is 6.21 Å². The van der Waals surface area contributed by atoms with Crippen molar-refractivity contribution in [1.29, 1.82) is 0 Å². The minimum absolute atomic E-state index is 0.168. The number of hydrogen-bond donors (Lipinski definition) is 0. The third kappa shape index (κ3) is 3.91. The van der Waals surface area contributed by atoms with Gasteiger partial charge in [0.1, 0.15) is 12.9 Å². The number of oxime groups is 1. The van der Waals surface area contributed by atoms with Gasteiger partial charge in [-0.15, -0.1) is 0 Å². The molecule has 0 spiro atoms. The largest absolute Gasteiger partial charge is 0.399 e. The highest BCUT2D eigenvalue weighted by Gasteiger charge is 2.13. The molecule has 2 aromatic rings. The molecule has 2 aromatic carbocycles. The van der Waals surface area contributed by atoms with Crippen LogP contribution in [0.3, 0.4) is 0 Å². The first-order valence-electron chi connectivity index (χ1n) is 6.77. The maximum absolute atomic E-state index is 13.6. The van der Waals surface area contributed by atoms with Gasteiger partial charge in [-0.2, -0.15) is 0 Å². The molecular weight excluding hydrogens is 283 g/mol. The lowest BCUT2D eigenvalue weighted by Gasteiger charge is -2.17. The Morgan fingerprint density at radius 3 is 2.55 bits per heavy atom. The van der Waals surface area contributed by atoms with Crippen LogP contribution in [-0.2, 0) is 11.4 Å². The minimum atomic E-state index is -0.312. The van der Waals surface area contributed by atoms with Crippen LogP contribution in [0.15, 0.2) is 53.7 Å². The molecule has 0 saturated heterocycles. The Bertz CT molecular complexity index is 669. The van der Waals surface area contributed by atoms with Gasteiger partial charge in [0.15, 0.2) is 0 Å². The van der Waals surface area contributed by atoms with Crippen LogP contribution in [0.2, 0.25) is 0 Å². The van der Waals surface area contributed by atoms with E-state index < -0.39 is 0 Å². The van der Waals surface area contributed by atoms with Crippen molar-refractivity contribution in [2.75, 3.05) is 14.2 Å². The van der Waals surface area contributed by atoms with Gasteiger partial charge < -0.3 is 9.74 Å². The molecule has 5 heteroatoms. The number of carbonyl (C=O) groups is 1. The van der Waals surface area contributed by atoms with E-state index in [-0.39, 0.29) is 18.3 Å². The zero-order valence-electron chi connectivity index (χ0n) is 12.5. The average Bonchev–Trinajstić information content (AvgIpc) is 2.55. The van der Waals surface area contributed by atoms with E-state index in [2.05, 4.69) is 9.99 Å². The second-order valence-electron chi connectivity index (χ2n) is 4.79. The molecule has 4 nitrogen and oxygen atoms in total. The summed E-state index contributed by atoms with van der Waals surface area (Å²) in [6.07, 6.45) is 1.55. The normalized spacial score (nSPS) is 10.7. The van der Waals surface area contributed by atoms with Crippen molar-refractivity contribution >= 4 is 12.1 Å². The molecular formula is C17H17FN2O2. The maximum atomic E-state index is 13.6. The Hall–Kier alpha value is -2.69. The Labute approximate surface area is 128 Å². The molecule has 0 aliphatic carbocycles. The monoisotopic (exact) mass is 300 g/mol. The quantitative estimate of drug-likeness (QED) is 0.629. The SMILES string of the molecule is CO/N=C/c1ccc(C(=O)N(C)Cc2ccccc2F)cc1. The topological polar surface area (TPSA) is 41.9 Å². The van der Waals surface area contributed by atoms with Crippen molar-refractivity contribution in [3.63, 3.8) is 0 Å². The van der Waals surface area contributed by atoms with Crippen LogP contribution in [0.5, 0.6) is 0 Å². The predicted molar refractivity (Wildman–Crippen MR) is 83.2 cm³/mol. The van der Waals surface area contributed by atoms with Gasteiger partial charge in [-0.05, 0) is 23.8 Å². The number of carbonyl (C=O) groups excluding carboxylic acids is 1. The Morgan fingerprint density at radius 2 is 1.91 bits per heavy atom. The van der Waals surface area contributed by atoms with E-state index in [1.807, 2.05) is 0 Å². The number of amides is 1. The fourth-order valence-electron chi connectivity index (χ4n) is 2.00. The molecule has 2 rings (SSSR count). The number of halogens is 1. The zero-order chi connectivity index (χ0) is 15.9. The number of hydrogen-bond acceptors (Lipinski definition) is 3. The highest BCUT2D eigenvalue weighted by Crippen LogP contribution is 2.12. The lowest BCUT2D eigenvalue weighted by molar-refractivity contribution is 0.0784. The molecule has 0 aliphatic heterocycles. The molecule has 114 valence electrons.